The number of aryl methyl sites for hydroxylation is 1. The van der Waals surface area contributed by atoms with Gasteiger partial charge in [0.2, 0.25) is 5.91 Å². The Kier molecular flexibility index (Phi) is 8.86. The lowest BCUT2D eigenvalue weighted by atomic mass is 10.4. The van der Waals surface area contributed by atoms with E-state index in [1.165, 1.54) is 10.6 Å². The first-order valence-electron chi connectivity index (χ1n) is 5.87. The quantitative estimate of drug-likeness (QED) is 0.716. The van der Waals surface area contributed by atoms with E-state index in [0.29, 0.717) is 25.4 Å². The third-order valence-corrected chi connectivity index (χ3v) is 2.38. The summed E-state index contributed by atoms with van der Waals surface area (Å²) in [5.41, 5.74) is 0.545. The van der Waals surface area contributed by atoms with Gasteiger partial charge in [0.1, 0.15) is 0 Å². The summed E-state index contributed by atoms with van der Waals surface area (Å²) in [5.74, 6) is -0.146. The number of nitrogens with zero attached hydrogens (tertiary/aromatic N) is 1. The Morgan fingerprint density at radius 2 is 2.16 bits per heavy atom. The Hall–Kier alpha value is -1.37. The molecule has 0 radical (unpaired) electrons. The van der Waals surface area contributed by atoms with E-state index in [2.05, 4.69) is 10.6 Å². The molecule has 0 saturated heterocycles. The normalized spacial score (nSPS) is 9.79. The molecular weight excluding hydrogens is 270 g/mol. The highest BCUT2D eigenvalue weighted by Gasteiger charge is 2.02. The van der Waals surface area contributed by atoms with E-state index in [-0.39, 0.29) is 30.4 Å². The van der Waals surface area contributed by atoms with Crippen LogP contribution in [0.4, 0.5) is 5.69 Å². The molecular formula is C12H20ClN3O3. The van der Waals surface area contributed by atoms with E-state index in [1.54, 1.807) is 19.4 Å². The number of pyridine rings is 1. The van der Waals surface area contributed by atoms with Gasteiger partial charge in [-0.15, -0.1) is 12.4 Å². The number of carbonyl (C=O) groups is 1. The van der Waals surface area contributed by atoms with Gasteiger partial charge in [0.05, 0.1) is 18.8 Å². The summed E-state index contributed by atoms with van der Waals surface area (Å²) in [6.45, 7) is 3.86. The summed E-state index contributed by atoms with van der Waals surface area (Å²) in [7, 11) is 1.61. The second-order valence-corrected chi connectivity index (χ2v) is 3.76. The summed E-state index contributed by atoms with van der Waals surface area (Å²) in [5, 5.41) is 5.66. The van der Waals surface area contributed by atoms with Crippen LogP contribution in [0, 0.1) is 0 Å². The lowest BCUT2D eigenvalue weighted by Crippen LogP contribution is -2.30. The number of halogens is 1. The maximum Gasteiger partial charge on any atom is 0.250 e. The molecule has 6 nitrogen and oxygen atoms in total. The summed E-state index contributed by atoms with van der Waals surface area (Å²) in [4.78, 5) is 22.9. The molecule has 108 valence electrons. The maximum absolute atomic E-state index is 11.6. The number of hydrogen-bond acceptors (Lipinski definition) is 4. The van der Waals surface area contributed by atoms with Crippen LogP contribution >= 0.6 is 12.4 Å². The molecule has 0 aliphatic heterocycles. The van der Waals surface area contributed by atoms with Crippen LogP contribution in [-0.4, -0.2) is 37.3 Å². The zero-order chi connectivity index (χ0) is 13.4. The van der Waals surface area contributed by atoms with Crippen molar-refractivity contribution in [2.24, 2.45) is 0 Å². The van der Waals surface area contributed by atoms with Crippen molar-refractivity contribution in [2.75, 3.05) is 32.1 Å². The van der Waals surface area contributed by atoms with Gasteiger partial charge in [0, 0.05) is 32.5 Å². The monoisotopic (exact) mass is 289 g/mol. The molecule has 7 heteroatoms. The van der Waals surface area contributed by atoms with Crippen LogP contribution in [0.1, 0.15) is 6.92 Å². The number of methoxy groups -OCH3 is 1. The molecule has 1 amide bonds. The minimum absolute atomic E-state index is 0. The van der Waals surface area contributed by atoms with Crippen LogP contribution in [0.5, 0.6) is 0 Å². The van der Waals surface area contributed by atoms with E-state index in [9.17, 15) is 9.59 Å². The second kappa shape index (κ2) is 9.55. The van der Waals surface area contributed by atoms with Gasteiger partial charge >= 0.3 is 0 Å². The fourth-order valence-electron chi connectivity index (χ4n) is 1.43. The molecule has 0 aromatic carbocycles. The smallest absolute Gasteiger partial charge is 0.250 e. The predicted molar refractivity (Wildman–Crippen MR) is 77.0 cm³/mol. The largest absolute Gasteiger partial charge is 0.383 e. The van der Waals surface area contributed by atoms with Gasteiger partial charge in [-0.05, 0) is 13.0 Å². The van der Waals surface area contributed by atoms with Crippen molar-refractivity contribution in [1.29, 1.82) is 0 Å². The first-order valence-corrected chi connectivity index (χ1v) is 5.87. The average Bonchev–Trinajstić information content (AvgIpc) is 2.37. The lowest BCUT2D eigenvalue weighted by Gasteiger charge is -2.08. The van der Waals surface area contributed by atoms with Crippen molar-refractivity contribution >= 4 is 24.0 Å². The number of ether oxygens (including phenoxy) is 1. The van der Waals surface area contributed by atoms with Crippen molar-refractivity contribution in [2.45, 2.75) is 13.5 Å². The molecule has 19 heavy (non-hydrogen) atoms. The number of amides is 1. The maximum atomic E-state index is 11.6. The Morgan fingerprint density at radius 1 is 1.42 bits per heavy atom. The highest BCUT2D eigenvalue weighted by atomic mass is 35.5. The van der Waals surface area contributed by atoms with Gasteiger partial charge in [-0.25, -0.2) is 0 Å². The molecule has 1 rings (SSSR count). The molecule has 0 aliphatic carbocycles. The summed E-state index contributed by atoms with van der Waals surface area (Å²) in [6, 6.07) is 3.04. The first kappa shape index (κ1) is 17.6. The Bertz CT molecular complexity index is 448. The van der Waals surface area contributed by atoms with E-state index >= 15 is 0 Å². The molecule has 0 fully saturated rings. The van der Waals surface area contributed by atoms with E-state index in [1.807, 2.05) is 6.92 Å². The van der Waals surface area contributed by atoms with Crippen molar-refractivity contribution < 1.29 is 9.53 Å². The number of anilines is 1. The van der Waals surface area contributed by atoms with E-state index in [4.69, 9.17) is 4.74 Å². The fourth-order valence-corrected chi connectivity index (χ4v) is 1.43. The highest BCUT2D eigenvalue weighted by molar-refractivity contribution is 5.92. The molecule has 0 bridgehead atoms. The fraction of sp³-hybridized carbons (Fsp3) is 0.500. The number of carbonyl (C=O) groups excluding carboxylic acids is 1. The van der Waals surface area contributed by atoms with Gasteiger partial charge < -0.3 is 19.9 Å². The zero-order valence-corrected chi connectivity index (χ0v) is 12.0. The number of aromatic nitrogens is 1. The van der Waals surface area contributed by atoms with Crippen LogP contribution in [0.3, 0.4) is 0 Å². The van der Waals surface area contributed by atoms with Crippen LogP contribution in [0.15, 0.2) is 23.1 Å². The van der Waals surface area contributed by atoms with Crippen LogP contribution in [0.25, 0.3) is 0 Å². The zero-order valence-electron chi connectivity index (χ0n) is 11.1. The van der Waals surface area contributed by atoms with Crippen LogP contribution in [-0.2, 0) is 16.1 Å². The van der Waals surface area contributed by atoms with Crippen LogP contribution < -0.4 is 16.2 Å². The summed E-state index contributed by atoms with van der Waals surface area (Å²) < 4.78 is 6.39. The number of rotatable bonds is 7. The summed E-state index contributed by atoms with van der Waals surface area (Å²) in [6.07, 6.45) is 1.63. The van der Waals surface area contributed by atoms with Crippen molar-refractivity contribution in [3.63, 3.8) is 0 Å². The van der Waals surface area contributed by atoms with Gasteiger partial charge in [0.25, 0.3) is 5.56 Å². The molecule has 0 saturated carbocycles. The third-order valence-electron chi connectivity index (χ3n) is 2.38. The van der Waals surface area contributed by atoms with Gasteiger partial charge in [-0.1, -0.05) is 0 Å². The van der Waals surface area contributed by atoms with Crippen molar-refractivity contribution in [3.05, 3.63) is 28.7 Å². The minimum Gasteiger partial charge on any atom is -0.383 e. The first-order chi connectivity index (χ1) is 8.67. The molecule has 0 unspecified atom stereocenters. The van der Waals surface area contributed by atoms with E-state index in [0.717, 1.165) is 0 Å². The molecule has 0 atom stereocenters. The van der Waals surface area contributed by atoms with Crippen molar-refractivity contribution in [3.8, 4) is 0 Å². The number of hydrogen-bond donors (Lipinski definition) is 2. The molecule has 1 aromatic heterocycles. The summed E-state index contributed by atoms with van der Waals surface area (Å²) >= 11 is 0. The molecule has 1 heterocycles. The molecule has 2 N–H and O–H groups in total. The Labute approximate surface area is 118 Å². The predicted octanol–water partition coefficient (Wildman–Crippen LogP) is 0.464. The lowest BCUT2D eigenvalue weighted by molar-refractivity contribution is -0.115. The Morgan fingerprint density at radius 3 is 2.79 bits per heavy atom. The van der Waals surface area contributed by atoms with Crippen LogP contribution in [0.2, 0.25) is 0 Å². The Balaban J connectivity index is 0.00000324. The highest BCUT2D eigenvalue weighted by Crippen LogP contribution is 2.02. The standard InChI is InChI=1S/C12H19N3O3.ClH/c1-3-15-9-10(4-5-12(15)17)14-11(16)8-13-6-7-18-2;/h4-5,9,13H,3,6-8H2,1-2H3,(H,14,16);1H. The van der Waals surface area contributed by atoms with Gasteiger partial charge in [-0.3, -0.25) is 9.59 Å². The minimum atomic E-state index is -0.146. The average molecular weight is 290 g/mol. The second-order valence-electron chi connectivity index (χ2n) is 3.76. The van der Waals surface area contributed by atoms with E-state index < -0.39 is 0 Å². The molecule has 1 aromatic rings. The number of nitrogens with one attached hydrogen (secondary N) is 2. The van der Waals surface area contributed by atoms with Crippen molar-refractivity contribution in [1.82, 2.24) is 9.88 Å². The third kappa shape index (κ3) is 6.37. The van der Waals surface area contributed by atoms with Gasteiger partial charge in [-0.2, -0.15) is 0 Å². The van der Waals surface area contributed by atoms with Gasteiger partial charge in [0.15, 0.2) is 0 Å². The molecule has 0 spiro atoms. The SMILES string of the molecule is CCn1cc(NC(=O)CNCCOC)ccc1=O.Cl. The topological polar surface area (TPSA) is 72.4 Å². The molecule has 0 aliphatic rings.